The van der Waals surface area contributed by atoms with Crippen LogP contribution in [0.4, 0.5) is 0 Å². The first-order valence-electron chi connectivity index (χ1n) is 4.83. The second-order valence-electron chi connectivity index (χ2n) is 3.12. The number of nitrogens with zero attached hydrogens (tertiary/aromatic N) is 2. The minimum absolute atomic E-state index is 0.108. The van der Waals surface area contributed by atoms with E-state index in [0.717, 1.165) is 10.6 Å². The van der Waals surface area contributed by atoms with E-state index in [2.05, 4.69) is 9.97 Å². The van der Waals surface area contributed by atoms with Gasteiger partial charge in [-0.25, -0.2) is 4.98 Å². The van der Waals surface area contributed by atoms with E-state index in [-0.39, 0.29) is 5.78 Å². The number of carbonyl (C=O) groups excluding carboxylic acids is 1. The van der Waals surface area contributed by atoms with Crippen molar-refractivity contribution in [1.82, 2.24) is 9.97 Å². The average Bonchev–Trinajstić information content (AvgIpc) is 2.38. The van der Waals surface area contributed by atoms with Gasteiger partial charge in [0.25, 0.3) is 0 Å². The molecule has 0 N–H and O–H groups in total. The summed E-state index contributed by atoms with van der Waals surface area (Å²) in [5.74, 6) is 0.499. The maximum atomic E-state index is 11.7. The number of benzene rings is 1. The Morgan fingerprint density at radius 1 is 1.19 bits per heavy atom. The highest BCUT2D eigenvalue weighted by atomic mass is 32.2. The van der Waals surface area contributed by atoms with Crippen LogP contribution in [0.25, 0.3) is 0 Å². The molecule has 0 saturated heterocycles. The third-order valence-electron chi connectivity index (χ3n) is 1.99. The molecule has 1 aromatic heterocycles. The van der Waals surface area contributed by atoms with Crippen LogP contribution in [0, 0.1) is 0 Å². The van der Waals surface area contributed by atoms with Gasteiger partial charge in [-0.15, -0.1) is 0 Å². The number of thioether (sulfide) groups is 1. The molecular formula is C12H10N2OS. The zero-order chi connectivity index (χ0) is 11.2. The molecule has 0 atom stereocenters. The molecule has 0 unspecified atom stereocenters. The van der Waals surface area contributed by atoms with Gasteiger partial charge in [-0.05, 0) is 0 Å². The number of ketones is 1. The fourth-order valence-corrected chi connectivity index (χ4v) is 1.92. The number of aromatic nitrogens is 2. The summed E-state index contributed by atoms with van der Waals surface area (Å²) < 4.78 is 0. The van der Waals surface area contributed by atoms with Crippen LogP contribution in [-0.4, -0.2) is 21.5 Å². The van der Waals surface area contributed by atoms with Crippen LogP contribution in [0.15, 0.2) is 53.9 Å². The zero-order valence-electron chi connectivity index (χ0n) is 8.54. The maximum Gasteiger partial charge on any atom is 0.173 e. The van der Waals surface area contributed by atoms with Crippen molar-refractivity contribution in [2.75, 3.05) is 5.75 Å². The third-order valence-corrected chi connectivity index (χ3v) is 2.90. The summed E-state index contributed by atoms with van der Waals surface area (Å²) in [5, 5.41) is 0.770. The van der Waals surface area contributed by atoms with Gasteiger partial charge in [-0.3, -0.25) is 9.78 Å². The summed E-state index contributed by atoms with van der Waals surface area (Å²) in [7, 11) is 0. The van der Waals surface area contributed by atoms with Gasteiger partial charge in [0.05, 0.1) is 11.9 Å². The zero-order valence-corrected chi connectivity index (χ0v) is 9.35. The monoisotopic (exact) mass is 230 g/mol. The molecule has 2 rings (SSSR count). The van der Waals surface area contributed by atoms with Gasteiger partial charge in [-0.2, -0.15) is 0 Å². The van der Waals surface area contributed by atoms with Gasteiger partial charge in [-0.1, -0.05) is 42.1 Å². The third kappa shape index (κ3) is 2.90. The Morgan fingerprint density at radius 3 is 2.69 bits per heavy atom. The SMILES string of the molecule is O=C(CSc1cnccn1)c1ccccc1. The van der Waals surface area contributed by atoms with Gasteiger partial charge in [0.15, 0.2) is 5.78 Å². The molecule has 0 aliphatic heterocycles. The van der Waals surface area contributed by atoms with Crippen molar-refractivity contribution < 1.29 is 4.79 Å². The highest BCUT2D eigenvalue weighted by molar-refractivity contribution is 7.99. The van der Waals surface area contributed by atoms with Crippen LogP contribution in [0.2, 0.25) is 0 Å². The summed E-state index contributed by atoms with van der Waals surface area (Å²) in [6.07, 6.45) is 4.89. The van der Waals surface area contributed by atoms with E-state index in [4.69, 9.17) is 0 Å². The lowest BCUT2D eigenvalue weighted by molar-refractivity contribution is 0.102. The lowest BCUT2D eigenvalue weighted by Crippen LogP contribution is -2.02. The largest absolute Gasteiger partial charge is 0.293 e. The first-order chi connectivity index (χ1) is 7.86. The number of rotatable bonds is 4. The summed E-state index contributed by atoms with van der Waals surface area (Å²) in [6.45, 7) is 0. The minimum atomic E-state index is 0.108. The second kappa shape index (κ2) is 5.42. The van der Waals surface area contributed by atoms with Crippen LogP contribution >= 0.6 is 11.8 Å². The number of hydrogen-bond acceptors (Lipinski definition) is 4. The van der Waals surface area contributed by atoms with E-state index in [1.165, 1.54) is 11.8 Å². The predicted octanol–water partition coefficient (Wildman–Crippen LogP) is 2.45. The fourth-order valence-electron chi connectivity index (χ4n) is 1.21. The minimum Gasteiger partial charge on any atom is -0.293 e. The molecule has 0 spiro atoms. The molecule has 80 valence electrons. The molecule has 0 aliphatic rings. The first kappa shape index (κ1) is 10.8. The van der Waals surface area contributed by atoms with Crippen molar-refractivity contribution >= 4 is 17.5 Å². The molecule has 0 aliphatic carbocycles. The van der Waals surface area contributed by atoms with Crippen LogP contribution in [0.5, 0.6) is 0 Å². The fraction of sp³-hybridized carbons (Fsp3) is 0.0833. The first-order valence-corrected chi connectivity index (χ1v) is 5.82. The molecule has 16 heavy (non-hydrogen) atoms. The van der Waals surface area contributed by atoms with Crippen LogP contribution in [0.1, 0.15) is 10.4 Å². The van der Waals surface area contributed by atoms with E-state index < -0.39 is 0 Å². The Kier molecular flexibility index (Phi) is 3.66. The lowest BCUT2D eigenvalue weighted by Gasteiger charge is -1.99. The Bertz CT molecular complexity index is 459. The molecule has 2 aromatic rings. The van der Waals surface area contributed by atoms with Crippen molar-refractivity contribution in [3.8, 4) is 0 Å². The van der Waals surface area contributed by atoms with Gasteiger partial charge in [0.1, 0.15) is 5.03 Å². The highest BCUT2D eigenvalue weighted by Crippen LogP contribution is 2.14. The molecule has 1 heterocycles. The summed E-state index contributed by atoms with van der Waals surface area (Å²) in [4.78, 5) is 19.8. The number of hydrogen-bond donors (Lipinski definition) is 0. The van der Waals surface area contributed by atoms with E-state index in [9.17, 15) is 4.79 Å². The molecule has 1 aromatic carbocycles. The lowest BCUT2D eigenvalue weighted by atomic mass is 10.2. The van der Waals surface area contributed by atoms with Crippen LogP contribution < -0.4 is 0 Å². The van der Waals surface area contributed by atoms with Gasteiger partial charge >= 0.3 is 0 Å². The molecule has 0 saturated carbocycles. The van der Waals surface area contributed by atoms with E-state index >= 15 is 0 Å². The molecule has 0 bridgehead atoms. The summed E-state index contributed by atoms with van der Waals surface area (Å²) >= 11 is 1.40. The topological polar surface area (TPSA) is 42.9 Å². The van der Waals surface area contributed by atoms with E-state index in [1.54, 1.807) is 18.6 Å². The number of carbonyl (C=O) groups is 1. The van der Waals surface area contributed by atoms with Crippen molar-refractivity contribution in [3.05, 3.63) is 54.5 Å². The molecule has 0 amide bonds. The van der Waals surface area contributed by atoms with Crippen molar-refractivity contribution in [2.45, 2.75) is 5.03 Å². The maximum absolute atomic E-state index is 11.7. The van der Waals surface area contributed by atoms with E-state index in [0.29, 0.717) is 5.75 Å². The Morgan fingerprint density at radius 2 is 2.00 bits per heavy atom. The van der Waals surface area contributed by atoms with Crippen molar-refractivity contribution in [2.24, 2.45) is 0 Å². The molecule has 0 fully saturated rings. The standard InChI is InChI=1S/C12H10N2OS/c15-11(10-4-2-1-3-5-10)9-16-12-8-13-6-7-14-12/h1-8H,9H2. The summed E-state index contributed by atoms with van der Waals surface area (Å²) in [5.41, 5.74) is 0.735. The molecular weight excluding hydrogens is 220 g/mol. The van der Waals surface area contributed by atoms with Crippen molar-refractivity contribution in [1.29, 1.82) is 0 Å². The van der Waals surface area contributed by atoms with Crippen molar-refractivity contribution in [3.63, 3.8) is 0 Å². The molecule has 3 nitrogen and oxygen atoms in total. The van der Waals surface area contributed by atoms with Gasteiger partial charge in [0, 0.05) is 18.0 Å². The highest BCUT2D eigenvalue weighted by Gasteiger charge is 2.05. The summed E-state index contributed by atoms with van der Waals surface area (Å²) in [6, 6.07) is 9.26. The smallest absolute Gasteiger partial charge is 0.173 e. The Hall–Kier alpha value is -1.68. The molecule has 4 heteroatoms. The van der Waals surface area contributed by atoms with Gasteiger partial charge in [0.2, 0.25) is 0 Å². The quantitative estimate of drug-likeness (QED) is 0.597. The Labute approximate surface area is 97.9 Å². The Balaban J connectivity index is 1.95. The van der Waals surface area contributed by atoms with Gasteiger partial charge < -0.3 is 0 Å². The number of Topliss-reactive ketones (excluding diaryl/α,β-unsaturated/α-hetero) is 1. The van der Waals surface area contributed by atoms with Crippen LogP contribution in [-0.2, 0) is 0 Å². The van der Waals surface area contributed by atoms with Crippen LogP contribution in [0.3, 0.4) is 0 Å². The predicted molar refractivity (Wildman–Crippen MR) is 63.5 cm³/mol. The van der Waals surface area contributed by atoms with E-state index in [1.807, 2.05) is 30.3 Å². The average molecular weight is 230 g/mol. The normalized spacial score (nSPS) is 10.0. The molecule has 0 radical (unpaired) electrons. The second-order valence-corrected chi connectivity index (χ2v) is 4.12.